The highest BCUT2D eigenvalue weighted by Crippen LogP contribution is 2.31. The molecule has 1 saturated heterocycles. The summed E-state index contributed by atoms with van der Waals surface area (Å²) in [5, 5.41) is 7.82. The second-order valence-electron chi connectivity index (χ2n) is 7.59. The van der Waals surface area contributed by atoms with Crippen LogP contribution >= 0.6 is 11.3 Å². The van der Waals surface area contributed by atoms with Gasteiger partial charge in [-0.25, -0.2) is 23.3 Å². The van der Waals surface area contributed by atoms with Gasteiger partial charge in [0.05, 0.1) is 0 Å². The smallest absolute Gasteiger partial charge is 0.348 e. The Balaban J connectivity index is 1.43. The fourth-order valence-corrected chi connectivity index (χ4v) is 4.70. The number of amides is 1. The Morgan fingerprint density at radius 1 is 1.26 bits per heavy atom. The number of piperidine rings is 1. The van der Waals surface area contributed by atoms with Crippen molar-refractivity contribution in [3.63, 3.8) is 0 Å². The van der Waals surface area contributed by atoms with Gasteiger partial charge in [0.15, 0.2) is 16.4 Å². The predicted molar refractivity (Wildman–Crippen MR) is 116 cm³/mol. The molecule has 3 aromatic heterocycles. The first kappa shape index (κ1) is 19.6. The van der Waals surface area contributed by atoms with Crippen LogP contribution in [0, 0.1) is 12.7 Å². The van der Waals surface area contributed by atoms with Crippen molar-refractivity contribution < 1.29 is 9.18 Å². The van der Waals surface area contributed by atoms with E-state index in [-0.39, 0.29) is 6.54 Å². The second kappa shape index (κ2) is 7.73. The van der Waals surface area contributed by atoms with Gasteiger partial charge in [-0.05, 0) is 43.9 Å². The summed E-state index contributed by atoms with van der Waals surface area (Å²) in [6, 6.07) is 4.43. The third-order valence-corrected chi connectivity index (χ3v) is 6.44. The van der Waals surface area contributed by atoms with Crippen LogP contribution in [0.25, 0.3) is 16.0 Å². The number of benzene rings is 1. The highest BCUT2D eigenvalue weighted by Gasteiger charge is 2.20. The van der Waals surface area contributed by atoms with Gasteiger partial charge in [-0.2, -0.15) is 4.98 Å². The number of anilines is 2. The van der Waals surface area contributed by atoms with E-state index >= 15 is 0 Å². The number of halogens is 1. The molecule has 160 valence electrons. The van der Waals surface area contributed by atoms with Gasteiger partial charge in [-0.15, -0.1) is 5.10 Å². The van der Waals surface area contributed by atoms with Gasteiger partial charge >= 0.3 is 5.69 Å². The predicted octanol–water partition coefficient (Wildman–Crippen LogP) is 2.58. The summed E-state index contributed by atoms with van der Waals surface area (Å²) in [7, 11) is 0. The van der Waals surface area contributed by atoms with Crippen molar-refractivity contribution in [2.24, 2.45) is 0 Å². The van der Waals surface area contributed by atoms with E-state index in [2.05, 4.69) is 25.3 Å². The molecule has 0 unspecified atom stereocenters. The summed E-state index contributed by atoms with van der Waals surface area (Å²) >= 11 is 1.45. The zero-order valence-electron chi connectivity index (χ0n) is 16.8. The largest absolute Gasteiger partial charge is 0.352 e. The SMILES string of the molecule is Cc1ccc(NC(=O)Cn2nc3c4sc(N5CCCCC5)nc4ncn3c2=O)cc1F. The van der Waals surface area contributed by atoms with Crippen molar-refractivity contribution in [1.29, 1.82) is 0 Å². The molecule has 1 aliphatic heterocycles. The Kier molecular flexibility index (Phi) is 4.89. The maximum absolute atomic E-state index is 13.7. The van der Waals surface area contributed by atoms with Crippen molar-refractivity contribution in [3.8, 4) is 0 Å². The fourth-order valence-electron chi connectivity index (χ4n) is 3.66. The molecule has 0 aliphatic carbocycles. The van der Waals surface area contributed by atoms with Crippen LogP contribution < -0.4 is 15.9 Å². The fraction of sp³-hybridized carbons (Fsp3) is 0.350. The lowest BCUT2D eigenvalue weighted by molar-refractivity contribution is -0.117. The molecule has 0 saturated carbocycles. The molecule has 0 atom stereocenters. The van der Waals surface area contributed by atoms with Crippen LogP contribution in [0.15, 0.2) is 29.3 Å². The van der Waals surface area contributed by atoms with E-state index in [0.29, 0.717) is 27.2 Å². The van der Waals surface area contributed by atoms with Gasteiger partial charge in [0.2, 0.25) is 5.91 Å². The maximum atomic E-state index is 13.7. The lowest BCUT2D eigenvalue weighted by Crippen LogP contribution is -2.29. The Hall–Kier alpha value is -3.34. The first-order chi connectivity index (χ1) is 15.0. The molecule has 4 aromatic rings. The van der Waals surface area contributed by atoms with E-state index in [9.17, 15) is 14.0 Å². The van der Waals surface area contributed by atoms with Crippen molar-refractivity contribution in [3.05, 3.63) is 46.4 Å². The van der Waals surface area contributed by atoms with Gasteiger partial charge < -0.3 is 10.2 Å². The molecule has 1 N–H and O–H groups in total. The number of hydrogen-bond donors (Lipinski definition) is 1. The average molecular weight is 441 g/mol. The van der Waals surface area contributed by atoms with E-state index in [0.717, 1.165) is 35.7 Å². The molecule has 5 rings (SSSR count). The summed E-state index contributed by atoms with van der Waals surface area (Å²) in [5.74, 6) is -0.887. The number of nitrogens with one attached hydrogen (secondary N) is 1. The van der Waals surface area contributed by atoms with Crippen molar-refractivity contribution >= 4 is 44.1 Å². The van der Waals surface area contributed by atoms with Crippen LogP contribution in [-0.4, -0.2) is 43.1 Å². The van der Waals surface area contributed by atoms with Crippen molar-refractivity contribution in [2.45, 2.75) is 32.7 Å². The number of aryl methyl sites for hydroxylation is 1. The van der Waals surface area contributed by atoms with Crippen LogP contribution in [0.4, 0.5) is 15.2 Å². The first-order valence-corrected chi connectivity index (χ1v) is 10.9. The summed E-state index contributed by atoms with van der Waals surface area (Å²) in [4.78, 5) is 36.3. The van der Waals surface area contributed by atoms with Gasteiger partial charge in [-0.1, -0.05) is 17.4 Å². The molecule has 1 aliphatic rings. The number of aromatic nitrogens is 5. The molecule has 31 heavy (non-hydrogen) atoms. The molecule has 11 heteroatoms. The molecule has 1 amide bonds. The van der Waals surface area contributed by atoms with E-state index in [1.807, 2.05) is 0 Å². The summed E-state index contributed by atoms with van der Waals surface area (Å²) in [6.07, 6.45) is 4.87. The molecule has 0 radical (unpaired) electrons. The third kappa shape index (κ3) is 3.65. The molecule has 4 heterocycles. The number of carbonyl (C=O) groups excluding carboxylic acids is 1. The Bertz CT molecular complexity index is 1350. The van der Waals surface area contributed by atoms with E-state index in [4.69, 9.17) is 0 Å². The van der Waals surface area contributed by atoms with Gasteiger partial charge in [0, 0.05) is 18.8 Å². The van der Waals surface area contributed by atoms with E-state index in [1.165, 1.54) is 34.6 Å². The summed E-state index contributed by atoms with van der Waals surface area (Å²) in [6.45, 7) is 3.26. The van der Waals surface area contributed by atoms with Gasteiger partial charge in [0.25, 0.3) is 0 Å². The van der Waals surface area contributed by atoms with Crippen LogP contribution in [0.5, 0.6) is 0 Å². The Morgan fingerprint density at radius 3 is 2.84 bits per heavy atom. The number of nitrogens with zero attached hydrogens (tertiary/aromatic N) is 6. The van der Waals surface area contributed by atoms with Crippen molar-refractivity contribution in [2.75, 3.05) is 23.3 Å². The molecular formula is C20H20FN7O2S. The zero-order valence-corrected chi connectivity index (χ0v) is 17.7. The Labute approximate surface area is 180 Å². The highest BCUT2D eigenvalue weighted by atomic mass is 32.1. The average Bonchev–Trinajstić information content (AvgIpc) is 3.33. The lowest BCUT2D eigenvalue weighted by atomic mass is 10.1. The number of rotatable bonds is 4. The van der Waals surface area contributed by atoms with E-state index in [1.54, 1.807) is 19.1 Å². The lowest BCUT2D eigenvalue weighted by Gasteiger charge is -2.25. The van der Waals surface area contributed by atoms with Crippen molar-refractivity contribution in [1.82, 2.24) is 24.1 Å². The van der Waals surface area contributed by atoms with Crippen LogP contribution in [0.1, 0.15) is 24.8 Å². The van der Waals surface area contributed by atoms with Gasteiger partial charge in [0.1, 0.15) is 23.4 Å². The minimum Gasteiger partial charge on any atom is -0.348 e. The molecule has 0 bridgehead atoms. The van der Waals surface area contributed by atoms with Crippen LogP contribution in [-0.2, 0) is 11.3 Å². The molecule has 1 aromatic carbocycles. The second-order valence-corrected chi connectivity index (χ2v) is 8.56. The minimum absolute atomic E-state index is 0.296. The number of thiazole rings is 1. The first-order valence-electron chi connectivity index (χ1n) is 10.1. The molecular weight excluding hydrogens is 421 g/mol. The number of carbonyl (C=O) groups is 1. The van der Waals surface area contributed by atoms with Crippen LogP contribution in [0.2, 0.25) is 0 Å². The minimum atomic E-state index is -0.476. The molecule has 9 nitrogen and oxygen atoms in total. The Morgan fingerprint density at radius 2 is 2.06 bits per heavy atom. The van der Waals surface area contributed by atoms with Crippen LogP contribution in [0.3, 0.4) is 0 Å². The van der Waals surface area contributed by atoms with Gasteiger partial charge in [-0.3, -0.25) is 4.79 Å². The monoisotopic (exact) mass is 441 g/mol. The topological polar surface area (TPSA) is 97.4 Å². The number of hydrogen-bond acceptors (Lipinski definition) is 7. The standard InChI is InChI=1S/C20H20FN7O2S/c1-12-5-6-13(9-14(12)21)23-15(29)10-28-20(30)27-11-22-17-16(18(27)25-28)31-19(24-17)26-7-3-2-4-8-26/h5-6,9,11H,2-4,7-8,10H2,1H3,(H,23,29). The molecule has 0 spiro atoms. The zero-order chi connectivity index (χ0) is 21.5. The van der Waals surface area contributed by atoms with E-state index < -0.39 is 17.4 Å². The summed E-state index contributed by atoms with van der Waals surface area (Å²) in [5.41, 5.74) is 1.30. The highest BCUT2D eigenvalue weighted by molar-refractivity contribution is 7.22. The third-order valence-electron chi connectivity index (χ3n) is 5.34. The molecule has 1 fully saturated rings. The normalized spacial score (nSPS) is 14.5. The number of fused-ring (bicyclic) bond motifs is 3. The quantitative estimate of drug-likeness (QED) is 0.523. The maximum Gasteiger partial charge on any atom is 0.352 e. The summed E-state index contributed by atoms with van der Waals surface area (Å²) < 4.78 is 16.8.